The molecule has 0 amide bonds. The molecule has 0 radical (unpaired) electrons. The van der Waals surface area contributed by atoms with Gasteiger partial charge < -0.3 is 11.0 Å². The number of aromatic nitrogens is 8. The maximum Gasteiger partial charge on any atom is 2.00 e. The Balaban J connectivity index is 0.000000295. The first-order chi connectivity index (χ1) is 44.4. The number of halogens is 2. The molecule has 0 spiro atoms. The molecule has 496 valence electrons. The molecule has 8 N–H and O–H groups in total. The van der Waals surface area contributed by atoms with Gasteiger partial charge in [0.15, 0.2) is 0 Å². The Kier molecular flexibility index (Phi) is 32.6. The summed E-state index contributed by atoms with van der Waals surface area (Å²) in [5.74, 6) is -1.30. The Hall–Kier alpha value is -8.42. The van der Waals surface area contributed by atoms with Gasteiger partial charge in [-0.25, -0.2) is 37.3 Å². The average Bonchev–Trinajstić information content (AvgIpc) is 0.827. The summed E-state index contributed by atoms with van der Waals surface area (Å²) in [4.78, 5) is 53.5. The summed E-state index contributed by atoms with van der Waals surface area (Å²) in [6, 6.07) is 53.3. The van der Waals surface area contributed by atoms with Crippen LogP contribution in [-0.4, -0.2) is 107 Å². The van der Waals surface area contributed by atoms with Gasteiger partial charge in [0, 0.05) is 92.7 Å². The van der Waals surface area contributed by atoms with Crippen molar-refractivity contribution in [2.24, 2.45) is 0 Å². The van der Waals surface area contributed by atoms with Crippen LogP contribution >= 0.6 is 0 Å². The number of hydrogen-bond donors (Lipinski definition) is 4. The summed E-state index contributed by atoms with van der Waals surface area (Å²) in [5, 5.41) is 47.6. The van der Waals surface area contributed by atoms with Crippen molar-refractivity contribution in [1.29, 1.82) is 0 Å². The molecule has 32 nitrogen and oxygen atoms in total. The molecule has 0 aliphatic carbocycles. The van der Waals surface area contributed by atoms with Gasteiger partial charge in [-0.15, -0.1) is 20.5 Å². The molecule has 14 rings (SSSR count). The zero-order chi connectivity index (χ0) is 68.4. The van der Waals surface area contributed by atoms with Crippen LogP contribution in [0.25, 0.3) is 87.2 Å². The molecular weight excluding hydrogens is 1660 g/mol. The second-order valence-corrected chi connectivity index (χ2v) is 26.6. The van der Waals surface area contributed by atoms with Crippen LogP contribution in [0.15, 0.2) is 232 Å². The third kappa shape index (κ3) is 25.1. The molecule has 0 saturated carbocycles. The van der Waals surface area contributed by atoms with E-state index in [-0.39, 0.29) is 65.5 Å². The van der Waals surface area contributed by atoms with Gasteiger partial charge in [-0.3, -0.25) is 39.9 Å². The van der Waals surface area contributed by atoms with Crippen LogP contribution in [0.3, 0.4) is 0 Å². The second kappa shape index (κ2) is 38.1. The van der Waals surface area contributed by atoms with Crippen LogP contribution in [-0.2, 0) is 62.1 Å². The molecule has 0 aliphatic rings. The number of nitrogens with zero attached hydrogens (tertiary/aromatic N) is 10. The number of rotatable bonds is 4. The minimum absolute atomic E-state index is 0. The summed E-state index contributed by atoms with van der Waals surface area (Å²) in [6.45, 7) is 0. The Labute approximate surface area is 600 Å². The molecule has 2 unspecified atom stereocenters. The molecule has 8 aromatic heterocycles. The van der Waals surface area contributed by atoms with E-state index < -0.39 is 90.3 Å². The van der Waals surface area contributed by atoms with Crippen molar-refractivity contribution in [3.05, 3.63) is 252 Å². The van der Waals surface area contributed by atoms with E-state index in [1.807, 2.05) is 48.5 Å². The fourth-order valence-corrected chi connectivity index (χ4v) is 10.7. The molecule has 0 aliphatic heterocycles. The van der Waals surface area contributed by atoms with Crippen LogP contribution in [0, 0.1) is 40.7 Å². The van der Waals surface area contributed by atoms with E-state index in [2.05, 4.69) is 137 Å². The number of phenols is 2. The summed E-state index contributed by atoms with van der Waals surface area (Å²) >= 11 is -10.8. The molecule has 6 aromatic carbocycles. The van der Waals surface area contributed by atoms with Gasteiger partial charge in [0.25, 0.3) is 0 Å². The smallest absolute Gasteiger partial charge is 0.254 e. The Morgan fingerprint density at radius 3 is 0.602 bits per heavy atom. The van der Waals surface area contributed by atoms with Crippen LogP contribution in [0.5, 0.6) is 11.5 Å². The minimum atomic E-state index is -5.38. The molecule has 0 fully saturated rings. The second-order valence-electron chi connectivity index (χ2n) is 18.5. The third-order valence-electron chi connectivity index (χ3n) is 12.3. The first-order valence-corrected chi connectivity index (χ1v) is 35.1. The zero-order valence-electron chi connectivity index (χ0n) is 49.8. The number of nitro benzene ring substituents is 2. The monoisotopic (exact) mass is 1710 g/mol. The average molecular weight is 1700 g/mol. The van der Waals surface area contributed by atoms with Gasteiger partial charge >= 0.3 is 215 Å². The minimum Gasteiger partial charge on any atom is -0.254 e. The van der Waals surface area contributed by atoms with E-state index in [0.717, 1.165) is 111 Å². The first kappa shape index (κ1) is 83.8. The van der Waals surface area contributed by atoms with E-state index in [1.165, 1.54) is 0 Å². The zero-order valence-corrected chi connectivity index (χ0v) is 63.1. The number of benzene rings is 6. The summed E-state index contributed by atoms with van der Waals surface area (Å²) in [6.07, 6.45) is 14.4. The summed E-state index contributed by atoms with van der Waals surface area (Å²) in [7, 11) is -9.89. The molecule has 38 heteroatoms. The summed E-state index contributed by atoms with van der Waals surface area (Å²) in [5.41, 5.74) is 6.31. The molecule has 8 heterocycles. The van der Waals surface area contributed by atoms with Crippen LogP contribution in [0.1, 0.15) is 0 Å². The number of hydrogen-bond acceptors (Lipinski definition) is 26. The number of pyridine rings is 8. The molecule has 98 heavy (non-hydrogen) atoms. The van der Waals surface area contributed by atoms with Gasteiger partial charge in [-0.1, -0.05) is 97.1 Å². The van der Waals surface area contributed by atoms with Gasteiger partial charge in [-0.2, -0.15) is 0 Å². The van der Waals surface area contributed by atoms with Gasteiger partial charge in [0.05, 0.1) is 44.1 Å². The largest absolute Gasteiger partial charge is 2.00 e. The van der Waals surface area contributed by atoms with E-state index in [4.69, 9.17) is 55.7 Å². The SMILES string of the molecule is O.O.O=[N+]([O-])c1cc([As](=O)([O-])O)ccc1O.O=[N+]([O-])c1cc([As](=O)([O-])O)ccc1O.[Cd+2].[Cd+2].[O-][Cl+3]([O-])([O-])[O-].[O-][Cl+3]([O-])([O-])[O-].c1cnc2c(c1)ccc1cccnc12.c1cnc2c(c1)ccc1cccnc12.c1cnc2c(c1)ccc1cccnc12.c1cnc2c(c1)ccc1cccnc12. The van der Waals surface area contributed by atoms with Crippen molar-refractivity contribution in [3.63, 3.8) is 0 Å². The van der Waals surface area contributed by atoms with Crippen LogP contribution in [0.4, 0.5) is 11.4 Å². The maximum absolute atomic E-state index is 10.7. The van der Waals surface area contributed by atoms with Gasteiger partial charge in [-0.05, 0) is 48.5 Å². The molecule has 0 bridgehead atoms. The normalized spacial score (nSPS) is 11.6. The van der Waals surface area contributed by atoms with Crippen molar-refractivity contribution in [2.45, 2.75) is 0 Å². The Morgan fingerprint density at radius 1 is 0.316 bits per heavy atom. The maximum atomic E-state index is 10.7. The third-order valence-corrected chi connectivity index (χ3v) is 16.2. The quantitative estimate of drug-likeness (QED) is 0.0573. The predicted octanol–water partition coefficient (Wildman–Crippen LogP) is -3.58. The van der Waals surface area contributed by atoms with Crippen molar-refractivity contribution in [1.82, 2.24) is 39.9 Å². The van der Waals surface area contributed by atoms with Crippen molar-refractivity contribution in [3.8, 4) is 11.5 Å². The summed E-state index contributed by atoms with van der Waals surface area (Å²) < 4.78 is 127. The van der Waals surface area contributed by atoms with E-state index in [0.29, 0.717) is 12.1 Å². The molecular formula is C60H46As2Cd2Cl2N10O22. The fourth-order valence-electron chi connectivity index (χ4n) is 8.39. The standard InChI is InChI=1S/4C12H8N2.2C6H6AsNO6.2Cd.2ClHO4.2H2O/c4*1-3-9-5-6-10-4-2-8-14-12(10)11(9)13-7-1;2*9-6-2-1-4(7(10,11)12)3-5(6)8(13)14;;;2*2-1(3,4)5;;/h4*1-8H;2*1-3,9H,(H2,10,11,12);;;2*(H,2,3,4,5);2*1H2/q;;;;;;2*+2;;;;/p-4. The first-order valence-electron chi connectivity index (χ1n) is 26.1. The van der Waals surface area contributed by atoms with E-state index in [1.54, 1.807) is 49.6 Å². The van der Waals surface area contributed by atoms with E-state index >= 15 is 0 Å². The fraction of sp³-hybridized carbons (Fsp3) is 0. The molecule has 14 aromatic rings. The number of fused-ring (bicyclic) bond motifs is 12. The van der Waals surface area contributed by atoms with Crippen LogP contribution in [0.2, 0.25) is 0 Å². The predicted molar refractivity (Wildman–Crippen MR) is 322 cm³/mol. The Morgan fingerprint density at radius 2 is 0.469 bits per heavy atom. The molecule has 0 saturated heterocycles. The number of aromatic hydroxyl groups is 2. The molecule has 2 atom stereocenters. The number of phenolic OH excluding ortho intramolecular Hbond substituents is 2. The van der Waals surface area contributed by atoms with Gasteiger partial charge in [0.1, 0.15) is 0 Å². The van der Waals surface area contributed by atoms with E-state index in [9.17, 15) is 35.9 Å². The van der Waals surface area contributed by atoms with Crippen molar-refractivity contribution in [2.75, 3.05) is 0 Å². The number of nitro groups is 2. The van der Waals surface area contributed by atoms with Crippen molar-refractivity contribution >= 4 is 136 Å². The van der Waals surface area contributed by atoms with Crippen LogP contribution < -0.4 is 54.2 Å². The Bertz CT molecular complexity index is 4340. The van der Waals surface area contributed by atoms with Crippen molar-refractivity contribution < 1.29 is 167 Å². The topological polar surface area (TPSA) is 598 Å². The van der Waals surface area contributed by atoms with Gasteiger partial charge in [0.2, 0.25) is 0 Å².